The van der Waals surface area contributed by atoms with E-state index < -0.39 is 0 Å². The van der Waals surface area contributed by atoms with Crippen molar-refractivity contribution in [2.75, 3.05) is 19.4 Å². The molecule has 0 spiro atoms. The molecule has 0 radical (unpaired) electrons. The molecule has 1 aromatic carbocycles. The number of hydrogen-bond donors (Lipinski definition) is 0. The van der Waals surface area contributed by atoms with Gasteiger partial charge in [0.15, 0.2) is 11.0 Å². The molecule has 1 aliphatic rings. The SMILES string of the molecule is CCc1ccc(CN(C)C(=O)CSc2nnc(-c3cccs3)n2CC2CCCO2)cc1. The molecular weight excluding hydrogens is 428 g/mol. The lowest BCUT2D eigenvalue weighted by molar-refractivity contribution is -0.127. The lowest BCUT2D eigenvalue weighted by atomic mass is 10.1. The van der Waals surface area contributed by atoms with E-state index in [0.717, 1.165) is 53.8 Å². The monoisotopic (exact) mass is 456 g/mol. The van der Waals surface area contributed by atoms with Crippen LogP contribution in [0.25, 0.3) is 10.7 Å². The van der Waals surface area contributed by atoms with Gasteiger partial charge in [-0.2, -0.15) is 0 Å². The number of amides is 1. The van der Waals surface area contributed by atoms with Gasteiger partial charge in [0.1, 0.15) is 0 Å². The highest BCUT2D eigenvalue weighted by Crippen LogP contribution is 2.29. The van der Waals surface area contributed by atoms with Crippen LogP contribution in [0.4, 0.5) is 0 Å². The normalized spacial score (nSPS) is 16.0. The molecule has 6 nitrogen and oxygen atoms in total. The summed E-state index contributed by atoms with van der Waals surface area (Å²) in [5, 5.41) is 11.6. The average molecular weight is 457 g/mol. The Kier molecular flexibility index (Phi) is 7.42. The highest BCUT2D eigenvalue weighted by Gasteiger charge is 2.23. The largest absolute Gasteiger partial charge is 0.376 e. The van der Waals surface area contributed by atoms with E-state index in [1.165, 1.54) is 17.3 Å². The van der Waals surface area contributed by atoms with Crippen LogP contribution in [-0.2, 0) is 29.0 Å². The van der Waals surface area contributed by atoms with E-state index in [4.69, 9.17) is 4.74 Å². The minimum Gasteiger partial charge on any atom is -0.376 e. The minimum absolute atomic E-state index is 0.0777. The van der Waals surface area contributed by atoms with Crippen molar-refractivity contribution < 1.29 is 9.53 Å². The zero-order chi connectivity index (χ0) is 21.6. The maximum atomic E-state index is 12.8. The highest BCUT2D eigenvalue weighted by atomic mass is 32.2. The first-order chi connectivity index (χ1) is 15.1. The van der Waals surface area contributed by atoms with Crippen molar-refractivity contribution in [2.24, 2.45) is 0 Å². The maximum Gasteiger partial charge on any atom is 0.233 e. The molecule has 0 bridgehead atoms. The lowest BCUT2D eigenvalue weighted by Crippen LogP contribution is -2.28. The Morgan fingerprint density at radius 3 is 2.74 bits per heavy atom. The van der Waals surface area contributed by atoms with Gasteiger partial charge in [0.25, 0.3) is 0 Å². The van der Waals surface area contributed by atoms with Gasteiger partial charge >= 0.3 is 0 Å². The van der Waals surface area contributed by atoms with Crippen LogP contribution < -0.4 is 0 Å². The van der Waals surface area contributed by atoms with Crippen molar-refractivity contribution in [1.29, 1.82) is 0 Å². The van der Waals surface area contributed by atoms with Crippen molar-refractivity contribution >= 4 is 29.0 Å². The van der Waals surface area contributed by atoms with Crippen molar-refractivity contribution in [3.8, 4) is 10.7 Å². The highest BCUT2D eigenvalue weighted by molar-refractivity contribution is 7.99. The molecule has 1 aliphatic heterocycles. The molecular formula is C23H28N4O2S2. The predicted octanol–water partition coefficient (Wildman–Crippen LogP) is 4.50. The molecule has 8 heteroatoms. The summed E-state index contributed by atoms with van der Waals surface area (Å²) < 4.78 is 7.96. The van der Waals surface area contributed by atoms with E-state index in [1.54, 1.807) is 16.2 Å². The first-order valence-electron chi connectivity index (χ1n) is 10.7. The standard InChI is InChI=1S/C23H28N4O2S2/c1-3-17-8-10-18(11-9-17)14-26(2)21(28)16-31-23-25-24-22(20-7-5-13-30-20)27(23)15-19-6-4-12-29-19/h5,7-11,13,19H,3-4,6,12,14-16H2,1-2H3. The summed E-state index contributed by atoms with van der Waals surface area (Å²) in [6.45, 7) is 4.28. The van der Waals surface area contributed by atoms with Crippen LogP contribution >= 0.6 is 23.1 Å². The molecule has 0 aliphatic carbocycles. The Balaban J connectivity index is 1.41. The average Bonchev–Trinajstić information content (AvgIpc) is 3.55. The second kappa shape index (κ2) is 10.4. The second-order valence-electron chi connectivity index (χ2n) is 7.74. The Morgan fingerprint density at radius 2 is 2.06 bits per heavy atom. The van der Waals surface area contributed by atoms with Gasteiger partial charge in [-0.25, -0.2) is 0 Å². The smallest absolute Gasteiger partial charge is 0.233 e. The topological polar surface area (TPSA) is 60.2 Å². The fraction of sp³-hybridized carbons (Fsp3) is 0.435. The van der Waals surface area contributed by atoms with Gasteiger partial charge in [0.05, 0.1) is 23.3 Å². The molecule has 1 saturated heterocycles. The van der Waals surface area contributed by atoms with E-state index in [9.17, 15) is 4.79 Å². The number of benzene rings is 1. The van der Waals surface area contributed by atoms with Crippen LogP contribution in [0, 0.1) is 0 Å². The third-order valence-corrected chi connectivity index (χ3v) is 7.29. The number of carbonyl (C=O) groups excluding carboxylic acids is 1. The van der Waals surface area contributed by atoms with Crippen LogP contribution in [0.5, 0.6) is 0 Å². The summed E-state index contributed by atoms with van der Waals surface area (Å²) in [7, 11) is 1.85. The number of hydrogen-bond acceptors (Lipinski definition) is 6. The molecule has 3 heterocycles. The molecule has 0 saturated carbocycles. The minimum atomic E-state index is 0.0777. The summed E-state index contributed by atoms with van der Waals surface area (Å²) in [6.07, 6.45) is 3.33. The molecule has 2 aromatic heterocycles. The Labute approximate surface area is 191 Å². The molecule has 31 heavy (non-hydrogen) atoms. The van der Waals surface area contributed by atoms with Crippen LogP contribution in [-0.4, -0.2) is 51.1 Å². The zero-order valence-electron chi connectivity index (χ0n) is 18.0. The molecule has 4 rings (SSSR count). The van der Waals surface area contributed by atoms with Crippen LogP contribution in [0.2, 0.25) is 0 Å². The molecule has 1 unspecified atom stereocenters. The third kappa shape index (κ3) is 5.56. The van der Waals surface area contributed by atoms with Crippen LogP contribution in [0.3, 0.4) is 0 Å². The third-order valence-electron chi connectivity index (χ3n) is 5.47. The Bertz CT molecular complexity index is 980. The van der Waals surface area contributed by atoms with E-state index in [2.05, 4.69) is 52.0 Å². The van der Waals surface area contributed by atoms with E-state index >= 15 is 0 Å². The Hall–Kier alpha value is -2.16. The van der Waals surface area contributed by atoms with Crippen molar-refractivity contribution in [3.05, 3.63) is 52.9 Å². The second-order valence-corrected chi connectivity index (χ2v) is 9.63. The van der Waals surface area contributed by atoms with Gasteiger partial charge in [-0.3, -0.25) is 9.36 Å². The molecule has 1 atom stereocenters. The van der Waals surface area contributed by atoms with Gasteiger partial charge in [-0.1, -0.05) is 49.0 Å². The predicted molar refractivity (Wildman–Crippen MR) is 125 cm³/mol. The summed E-state index contributed by atoms with van der Waals surface area (Å²) >= 11 is 3.09. The van der Waals surface area contributed by atoms with Gasteiger partial charge < -0.3 is 9.64 Å². The van der Waals surface area contributed by atoms with Gasteiger partial charge in [0.2, 0.25) is 5.91 Å². The van der Waals surface area contributed by atoms with E-state index in [0.29, 0.717) is 12.3 Å². The van der Waals surface area contributed by atoms with Crippen LogP contribution in [0.1, 0.15) is 30.9 Å². The van der Waals surface area contributed by atoms with Crippen molar-refractivity contribution in [2.45, 2.75) is 50.5 Å². The quantitative estimate of drug-likeness (QED) is 0.444. The number of aryl methyl sites for hydroxylation is 1. The summed E-state index contributed by atoms with van der Waals surface area (Å²) in [5.74, 6) is 1.26. The number of ether oxygens (including phenoxy) is 1. The summed E-state index contributed by atoms with van der Waals surface area (Å²) in [5.41, 5.74) is 2.44. The first kappa shape index (κ1) is 22.0. The Morgan fingerprint density at radius 1 is 1.26 bits per heavy atom. The summed E-state index contributed by atoms with van der Waals surface area (Å²) in [6, 6.07) is 12.5. The number of thioether (sulfide) groups is 1. The van der Waals surface area contributed by atoms with Gasteiger partial charge in [-0.15, -0.1) is 21.5 Å². The number of rotatable bonds is 9. The molecule has 0 N–H and O–H groups in total. The molecule has 164 valence electrons. The molecule has 1 amide bonds. The maximum absolute atomic E-state index is 12.8. The molecule has 3 aromatic rings. The van der Waals surface area contributed by atoms with Crippen molar-refractivity contribution in [3.63, 3.8) is 0 Å². The van der Waals surface area contributed by atoms with Gasteiger partial charge in [0, 0.05) is 20.2 Å². The van der Waals surface area contributed by atoms with E-state index in [-0.39, 0.29) is 12.0 Å². The van der Waals surface area contributed by atoms with Crippen molar-refractivity contribution in [1.82, 2.24) is 19.7 Å². The number of carbonyl (C=O) groups is 1. The fourth-order valence-electron chi connectivity index (χ4n) is 3.62. The van der Waals surface area contributed by atoms with Crippen LogP contribution in [0.15, 0.2) is 46.9 Å². The fourth-order valence-corrected chi connectivity index (χ4v) is 5.22. The lowest BCUT2D eigenvalue weighted by Gasteiger charge is -2.18. The number of aromatic nitrogens is 3. The zero-order valence-corrected chi connectivity index (χ0v) is 19.6. The number of nitrogens with zero attached hydrogens (tertiary/aromatic N) is 4. The summed E-state index contributed by atoms with van der Waals surface area (Å²) in [4.78, 5) is 15.6. The number of thiophene rings is 1. The first-order valence-corrected chi connectivity index (χ1v) is 12.5. The molecule has 1 fully saturated rings. The van der Waals surface area contributed by atoms with E-state index in [1.807, 2.05) is 18.5 Å². The van der Waals surface area contributed by atoms with Gasteiger partial charge in [-0.05, 0) is 41.8 Å².